The van der Waals surface area contributed by atoms with E-state index in [0.29, 0.717) is 21.7 Å². The second-order valence-corrected chi connectivity index (χ2v) is 6.05. The van der Waals surface area contributed by atoms with Gasteiger partial charge in [0.2, 0.25) is 0 Å². The van der Waals surface area contributed by atoms with Crippen LogP contribution in [0.25, 0.3) is 0 Å². The van der Waals surface area contributed by atoms with Crippen LogP contribution in [-0.2, 0) is 6.61 Å². The molecule has 1 aromatic carbocycles. The third kappa shape index (κ3) is 4.12. The SMILES string of the molecule is Cc1csc(NC(=O)c2ccc(COc3cccc(Cl)c3)o2)n1. The summed E-state index contributed by atoms with van der Waals surface area (Å²) < 4.78 is 11.1. The average molecular weight is 349 g/mol. The summed E-state index contributed by atoms with van der Waals surface area (Å²) in [7, 11) is 0. The van der Waals surface area contributed by atoms with Gasteiger partial charge in [-0.15, -0.1) is 11.3 Å². The molecule has 0 unspecified atom stereocenters. The predicted molar refractivity (Wildman–Crippen MR) is 89.3 cm³/mol. The van der Waals surface area contributed by atoms with E-state index in [1.54, 1.807) is 36.4 Å². The van der Waals surface area contributed by atoms with Gasteiger partial charge in [-0.05, 0) is 37.3 Å². The number of ether oxygens (including phenoxy) is 1. The van der Waals surface area contributed by atoms with Crippen molar-refractivity contribution < 1.29 is 13.9 Å². The Labute approximate surface area is 141 Å². The maximum Gasteiger partial charge on any atom is 0.293 e. The number of nitrogens with zero attached hydrogens (tertiary/aromatic N) is 1. The van der Waals surface area contributed by atoms with Gasteiger partial charge in [0.1, 0.15) is 18.1 Å². The normalized spacial score (nSPS) is 10.5. The molecule has 0 radical (unpaired) electrons. The fraction of sp³-hybridized carbons (Fsp3) is 0.125. The van der Waals surface area contributed by atoms with Crippen LogP contribution in [0.15, 0.2) is 46.2 Å². The fourth-order valence-electron chi connectivity index (χ4n) is 1.86. The van der Waals surface area contributed by atoms with Gasteiger partial charge in [-0.25, -0.2) is 4.98 Å². The predicted octanol–water partition coefficient (Wildman–Crippen LogP) is 4.53. The molecule has 3 rings (SSSR count). The lowest BCUT2D eigenvalue weighted by molar-refractivity contribution is 0.0992. The highest BCUT2D eigenvalue weighted by Crippen LogP contribution is 2.20. The van der Waals surface area contributed by atoms with Crippen molar-refractivity contribution in [1.29, 1.82) is 0 Å². The fourth-order valence-corrected chi connectivity index (χ4v) is 2.72. The molecule has 0 aliphatic rings. The van der Waals surface area contributed by atoms with Crippen LogP contribution >= 0.6 is 22.9 Å². The van der Waals surface area contributed by atoms with Gasteiger partial charge in [0.05, 0.1) is 5.69 Å². The molecule has 0 saturated heterocycles. The van der Waals surface area contributed by atoms with Crippen molar-refractivity contribution in [1.82, 2.24) is 4.98 Å². The summed E-state index contributed by atoms with van der Waals surface area (Å²) >= 11 is 7.26. The first kappa shape index (κ1) is 15.6. The van der Waals surface area contributed by atoms with Crippen molar-refractivity contribution in [2.45, 2.75) is 13.5 Å². The summed E-state index contributed by atoms with van der Waals surface area (Å²) in [6.45, 7) is 2.08. The molecular weight excluding hydrogens is 336 g/mol. The minimum absolute atomic E-state index is 0.211. The molecule has 5 nitrogen and oxygen atoms in total. The second kappa shape index (κ2) is 6.85. The van der Waals surface area contributed by atoms with Crippen LogP contribution in [0.1, 0.15) is 22.0 Å². The zero-order valence-corrected chi connectivity index (χ0v) is 13.8. The third-order valence-corrected chi connectivity index (χ3v) is 4.01. The topological polar surface area (TPSA) is 64.4 Å². The highest BCUT2D eigenvalue weighted by molar-refractivity contribution is 7.13. The molecule has 0 fully saturated rings. The molecule has 3 aromatic rings. The van der Waals surface area contributed by atoms with Gasteiger partial charge >= 0.3 is 0 Å². The minimum atomic E-state index is -0.339. The number of aromatic nitrogens is 1. The summed E-state index contributed by atoms with van der Waals surface area (Å²) in [4.78, 5) is 16.2. The Kier molecular flexibility index (Phi) is 4.64. The number of thiazole rings is 1. The number of hydrogen-bond acceptors (Lipinski definition) is 5. The lowest BCUT2D eigenvalue weighted by atomic mass is 10.3. The average Bonchev–Trinajstić information content (AvgIpc) is 3.14. The van der Waals surface area contributed by atoms with Crippen molar-refractivity contribution in [2.75, 3.05) is 5.32 Å². The van der Waals surface area contributed by atoms with E-state index in [-0.39, 0.29) is 18.3 Å². The number of halogens is 1. The minimum Gasteiger partial charge on any atom is -0.486 e. The standard InChI is InChI=1S/C16H13ClN2O3S/c1-10-9-23-16(18-10)19-15(20)14-6-5-13(22-14)8-21-12-4-2-3-11(17)7-12/h2-7,9H,8H2,1H3,(H,18,19,20). The molecule has 0 bridgehead atoms. The molecule has 1 N–H and O–H groups in total. The van der Waals surface area contributed by atoms with E-state index >= 15 is 0 Å². The summed E-state index contributed by atoms with van der Waals surface area (Å²) in [6.07, 6.45) is 0. The Balaban J connectivity index is 1.60. The van der Waals surface area contributed by atoms with Crippen LogP contribution in [-0.4, -0.2) is 10.9 Å². The number of amides is 1. The molecule has 0 aliphatic carbocycles. The maximum atomic E-state index is 12.1. The van der Waals surface area contributed by atoms with E-state index in [1.165, 1.54) is 11.3 Å². The number of carbonyl (C=O) groups excluding carboxylic acids is 1. The monoisotopic (exact) mass is 348 g/mol. The molecule has 23 heavy (non-hydrogen) atoms. The highest BCUT2D eigenvalue weighted by atomic mass is 35.5. The zero-order chi connectivity index (χ0) is 16.2. The zero-order valence-electron chi connectivity index (χ0n) is 12.2. The first-order valence-electron chi connectivity index (χ1n) is 6.81. The Morgan fingerprint density at radius 1 is 1.39 bits per heavy atom. The van der Waals surface area contributed by atoms with Crippen LogP contribution in [0.4, 0.5) is 5.13 Å². The van der Waals surface area contributed by atoms with E-state index in [0.717, 1.165) is 5.69 Å². The molecule has 2 heterocycles. The maximum absolute atomic E-state index is 12.1. The van der Waals surface area contributed by atoms with Crippen molar-refractivity contribution >= 4 is 34.0 Å². The number of aryl methyl sites for hydroxylation is 1. The van der Waals surface area contributed by atoms with Gasteiger partial charge < -0.3 is 9.15 Å². The van der Waals surface area contributed by atoms with Crippen molar-refractivity contribution in [3.63, 3.8) is 0 Å². The van der Waals surface area contributed by atoms with Crippen molar-refractivity contribution in [3.8, 4) is 5.75 Å². The van der Waals surface area contributed by atoms with Crippen molar-refractivity contribution in [3.05, 3.63) is 64.0 Å². The van der Waals surface area contributed by atoms with E-state index in [1.807, 2.05) is 12.3 Å². The van der Waals surface area contributed by atoms with E-state index < -0.39 is 0 Å². The number of rotatable bonds is 5. The van der Waals surface area contributed by atoms with E-state index in [2.05, 4.69) is 10.3 Å². The van der Waals surface area contributed by atoms with Crippen LogP contribution in [0.3, 0.4) is 0 Å². The van der Waals surface area contributed by atoms with E-state index in [9.17, 15) is 4.79 Å². The van der Waals surface area contributed by atoms with Crippen LogP contribution in [0.2, 0.25) is 5.02 Å². The Hall–Kier alpha value is -2.31. The van der Waals surface area contributed by atoms with Crippen molar-refractivity contribution in [2.24, 2.45) is 0 Å². The molecule has 1 amide bonds. The smallest absolute Gasteiger partial charge is 0.293 e. The molecule has 0 saturated carbocycles. The quantitative estimate of drug-likeness (QED) is 0.735. The lowest BCUT2D eigenvalue weighted by Crippen LogP contribution is -2.10. The molecule has 2 aromatic heterocycles. The Morgan fingerprint density at radius 3 is 3.00 bits per heavy atom. The summed E-state index contributed by atoms with van der Waals surface area (Å²) in [5.41, 5.74) is 0.861. The Morgan fingerprint density at radius 2 is 2.26 bits per heavy atom. The van der Waals surface area contributed by atoms with Gasteiger partial charge in [0.25, 0.3) is 5.91 Å². The molecule has 118 valence electrons. The summed E-state index contributed by atoms with van der Waals surface area (Å²) in [5.74, 6) is 1.06. The summed E-state index contributed by atoms with van der Waals surface area (Å²) in [5, 5.41) is 5.69. The number of furan rings is 1. The van der Waals surface area contributed by atoms with Gasteiger partial charge in [-0.1, -0.05) is 17.7 Å². The molecule has 0 spiro atoms. The third-order valence-electron chi connectivity index (χ3n) is 2.90. The van der Waals surface area contributed by atoms with Crippen LogP contribution in [0.5, 0.6) is 5.75 Å². The van der Waals surface area contributed by atoms with E-state index in [4.69, 9.17) is 20.8 Å². The first-order valence-corrected chi connectivity index (χ1v) is 8.06. The number of anilines is 1. The van der Waals surface area contributed by atoms with Gasteiger partial charge in [0.15, 0.2) is 10.9 Å². The van der Waals surface area contributed by atoms with Crippen LogP contribution in [0, 0.1) is 6.92 Å². The van der Waals surface area contributed by atoms with Gasteiger partial charge in [-0.2, -0.15) is 0 Å². The van der Waals surface area contributed by atoms with Gasteiger partial charge in [0, 0.05) is 10.4 Å². The molecular formula is C16H13ClN2O3S. The number of nitrogens with one attached hydrogen (secondary N) is 1. The largest absolute Gasteiger partial charge is 0.486 e. The molecule has 0 atom stereocenters. The number of hydrogen-bond donors (Lipinski definition) is 1. The second-order valence-electron chi connectivity index (χ2n) is 4.76. The molecule has 0 aliphatic heterocycles. The van der Waals surface area contributed by atoms with Crippen LogP contribution < -0.4 is 10.1 Å². The first-order chi connectivity index (χ1) is 11.1. The Bertz CT molecular complexity index is 828. The lowest BCUT2D eigenvalue weighted by Gasteiger charge is -2.04. The number of benzene rings is 1. The summed E-state index contributed by atoms with van der Waals surface area (Å²) in [6, 6.07) is 10.4. The van der Waals surface area contributed by atoms with Gasteiger partial charge in [-0.3, -0.25) is 10.1 Å². The highest BCUT2D eigenvalue weighted by Gasteiger charge is 2.13. The molecule has 7 heteroatoms. The number of carbonyl (C=O) groups is 1.